The third kappa shape index (κ3) is 5.11. The van der Waals surface area contributed by atoms with Crippen molar-refractivity contribution in [3.05, 3.63) is 77.9 Å². The molecule has 0 atom stereocenters. The number of H-pyrrole nitrogens is 1. The summed E-state index contributed by atoms with van der Waals surface area (Å²) >= 11 is 0. The van der Waals surface area contributed by atoms with Gasteiger partial charge < -0.3 is 9.72 Å². The number of hydrogen-bond donors (Lipinski definition) is 1. The number of hydrogen-bond acceptors (Lipinski definition) is 5. The highest BCUT2D eigenvalue weighted by Crippen LogP contribution is 2.27. The molecule has 6 nitrogen and oxygen atoms in total. The summed E-state index contributed by atoms with van der Waals surface area (Å²) in [6.45, 7) is 0. The van der Waals surface area contributed by atoms with Gasteiger partial charge in [-0.05, 0) is 54.6 Å². The molecule has 1 heterocycles. The highest BCUT2D eigenvalue weighted by molar-refractivity contribution is 7.83. The normalized spacial score (nSPS) is 10.0. The third-order valence-corrected chi connectivity index (χ3v) is 3.98. The van der Waals surface area contributed by atoms with Crippen LogP contribution in [0.3, 0.4) is 0 Å². The molecule has 1 N–H and O–H groups in total. The molecule has 7 heteroatoms. The zero-order chi connectivity index (χ0) is 21.5. The Bertz CT molecular complexity index is 1240. The van der Waals surface area contributed by atoms with E-state index in [0.29, 0.717) is 22.6 Å². The van der Waals surface area contributed by atoms with Crippen LogP contribution in [0.25, 0.3) is 22.4 Å². The van der Waals surface area contributed by atoms with E-state index in [-0.39, 0.29) is 0 Å². The largest absolute Gasteiger partial charge is 0.457 e. The van der Waals surface area contributed by atoms with Crippen LogP contribution in [0.15, 0.2) is 66.7 Å². The number of benzene rings is 3. The van der Waals surface area contributed by atoms with Crippen molar-refractivity contribution in [3.63, 3.8) is 0 Å². The highest BCUT2D eigenvalue weighted by Gasteiger charge is 2.07. The van der Waals surface area contributed by atoms with Crippen LogP contribution in [0, 0.1) is 22.7 Å². The Morgan fingerprint density at radius 3 is 2.17 bits per heavy atom. The van der Waals surface area contributed by atoms with E-state index in [0.717, 1.165) is 22.4 Å². The molecule has 0 bridgehead atoms. The molecule has 4 rings (SSSR count). The summed E-state index contributed by atoms with van der Waals surface area (Å²) in [6, 6.07) is 24.2. The lowest BCUT2D eigenvalue weighted by Gasteiger charge is -2.07. The predicted octanol–water partition coefficient (Wildman–Crippen LogP) is 4.76. The summed E-state index contributed by atoms with van der Waals surface area (Å²) in [6.07, 6.45) is 3.28. The van der Waals surface area contributed by atoms with Crippen LogP contribution in [-0.2, 0) is 10.8 Å². The molecule has 1 aromatic heterocycles. The third-order valence-electron chi connectivity index (χ3n) is 3.98. The summed E-state index contributed by atoms with van der Waals surface area (Å²) in [5.74, 6) is 1.94. The first-order valence-corrected chi connectivity index (χ1v) is 10.9. The zero-order valence-corrected chi connectivity index (χ0v) is 17.2. The number of nitrogens with zero attached hydrogens (tertiary/aromatic N) is 3. The Morgan fingerprint density at radius 2 is 1.53 bits per heavy atom. The quantitative estimate of drug-likeness (QED) is 0.521. The fraction of sp³-hybridized carbons (Fsp3) is 0.0870. The van der Waals surface area contributed by atoms with Gasteiger partial charge >= 0.3 is 0 Å². The molecular formula is C23H18N4O2S. The van der Waals surface area contributed by atoms with Gasteiger partial charge in [-0.1, -0.05) is 12.1 Å². The number of nitrogens with one attached hydrogen (secondary N) is 1. The highest BCUT2D eigenvalue weighted by atomic mass is 32.2. The second kappa shape index (κ2) is 9.51. The topological polar surface area (TPSA) is 103 Å². The van der Waals surface area contributed by atoms with Gasteiger partial charge in [0.1, 0.15) is 29.5 Å². The molecule has 0 fully saturated rings. The lowest BCUT2D eigenvalue weighted by Crippen LogP contribution is -1.89. The van der Waals surface area contributed by atoms with Crippen LogP contribution in [0.1, 0.15) is 11.1 Å². The van der Waals surface area contributed by atoms with Crippen molar-refractivity contribution in [1.29, 1.82) is 10.5 Å². The van der Waals surface area contributed by atoms with Gasteiger partial charge in [0.2, 0.25) is 0 Å². The van der Waals surface area contributed by atoms with Crippen LogP contribution in [-0.4, -0.2) is 26.7 Å². The molecule has 0 saturated heterocycles. The maximum absolute atomic E-state index is 9.56. The number of aromatic nitrogens is 2. The summed E-state index contributed by atoms with van der Waals surface area (Å²) < 4.78 is 15.3. The first kappa shape index (κ1) is 20.8. The first-order valence-electron chi connectivity index (χ1n) is 8.92. The SMILES string of the molecule is CS(C)=O.N#Cc1ccc(Oc2ccc(-c3nc4ccccc4[nH]3)cc2)cc1C#N. The maximum atomic E-state index is 9.56. The molecule has 0 aliphatic heterocycles. The first-order chi connectivity index (χ1) is 14.5. The maximum Gasteiger partial charge on any atom is 0.138 e. The van der Waals surface area contributed by atoms with Crippen LogP contribution in [0.4, 0.5) is 0 Å². The second-order valence-corrected chi connectivity index (χ2v) is 7.88. The Kier molecular flexibility index (Phi) is 6.59. The smallest absolute Gasteiger partial charge is 0.138 e. The molecule has 30 heavy (non-hydrogen) atoms. The molecule has 0 unspecified atom stereocenters. The monoisotopic (exact) mass is 414 g/mol. The molecule has 148 valence electrons. The van der Waals surface area contributed by atoms with Crippen LogP contribution >= 0.6 is 0 Å². The summed E-state index contributed by atoms with van der Waals surface area (Å²) in [7, 11) is -0.611. The van der Waals surface area contributed by atoms with E-state index in [2.05, 4.69) is 9.97 Å². The van der Waals surface area contributed by atoms with E-state index >= 15 is 0 Å². The molecule has 0 radical (unpaired) electrons. The molecular weight excluding hydrogens is 396 g/mol. The molecule has 0 amide bonds. The van der Waals surface area contributed by atoms with E-state index in [9.17, 15) is 4.21 Å². The van der Waals surface area contributed by atoms with Crippen molar-refractivity contribution < 1.29 is 8.95 Å². The standard InChI is InChI=1S/C21H12N4O.C2H6OS/c22-12-15-7-10-18(11-16(15)13-23)26-17-8-5-14(6-9-17)21-24-19-3-1-2-4-20(19)25-21;1-4(2)3/h1-11H,(H,24,25);1-2H3. The van der Waals surface area contributed by atoms with Gasteiger partial charge in [-0.25, -0.2) is 4.98 Å². The number of imidazole rings is 1. The second-order valence-electron chi connectivity index (χ2n) is 6.40. The van der Waals surface area contributed by atoms with E-state index in [1.165, 1.54) is 0 Å². The summed E-state index contributed by atoms with van der Waals surface area (Å²) in [5.41, 5.74) is 3.49. The van der Waals surface area contributed by atoms with Crippen molar-refractivity contribution >= 4 is 21.8 Å². The van der Waals surface area contributed by atoms with E-state index in [1.54, 1.807) is 30.7 Å². The fourth-order valence-corrected chi connectivity index (χ4v) is 2.68. The minimum absolute atomic E-state index is 0.295. The number of rotatable bonds is 3. The molecule has 4 aromatic rings. The Labute approximate surface area is 176 Å². The van der Waals surface area contributed by atoms with Crippen molar-refractivity contribution in [3.8, 4) is 35.0 Å². The average Bonchev–Trinajstić information content (AvgIpc) is 3.18. The van der Waals surface area contributed by atoms with Crippen molar-refractivity contribution in [2.24, 2.45) is 0 Å². The van der Waals surface area contributed by atoms with E-state index in [4.69, 9.17) is 15.3 Å². The lowest BCUT2D eigenvalue weighted by molar-refractivity contribution is 0.482. The average molecular weight is 414 g/mol. The summed E-state index contributed by atoms with van der Waals surface area (Å²) in [5, 5.41) is 18.1. The molecule has 0 aliphatic rings. The lowest BCUT2D eigenvalue weighted by atomic mass is 10.1. The molecule has 0 saturated carbocycles. The molecule has 0 aliphatic carbocycles. The Balaban J connectivity index is 0.000000589. The minimum Gasteiger partial charge on any atom is -0.457 e. The number of aromatic amines is 1. The van der Waals surface area contributed by atoms with E-state index in [1.807, 2.05) is 60.7 Å². The van der Waals surface area contributed by atoms with Crippen LogP contribution in [0.5, 0.6) is 11.5 Å². The Hall–Kier alpha value is -3.94. The molecule has 3 aromatic carbocycles. The zero-order valence-electron chi connectivity index (χ0n) is 16.4. The number of nitriles is 2. The van der Waals surface area contributed by atoms with Gasteiger partial charge in [0.05, 0.1) is 22.2 Å². The summed E-state index contributed by atoms with van der Waals surface area (Å²) in [4.78, 5) is 7.87. The number of ether oxygens (including phenoxy) is 1. The van der Waals surface area contributed by atoms with E-state index < -0.39 is 10.8 Å². The van der Waals surface area contributed by atoms with Crippen molar-refractivity contribution in [2.45, 2.75) is 0 Å². The number of para-hydroxylation sites is 2. The molecule has 0 spiro atoms. The predicted molar refractivity (Wildman–Crippen MR) is 117 cm³/mol. The minimum atomic E-state index is -0.611. The fourth-order valence-electron chi connectivity index (χ4n) is 2.68. The Morgan fingerprint density at radius 1 is 0.900 bits per heavy atom. The van der Waals surface area contributed by atoms with Crippen LogP contribution in [0.2, 0.25) is 0 Å². The van der Waals surface area contributed by atoms with Gasteiger partial charge in [-0.3, -0.25) is 4.21 Å². The van der Waals surface area contributed by atoms with Crippen molar-refractivity contribution in [1.82, 2.24) is 9.97 Å². The van der Waals surface area contributed by atoms with Gasteiger partial charge in [0.25, 0.3) is 0 Å². The number of fused-ring (bicyclic) bond motifs is 1. The van der Waals surface area contributed by atoms with Crippen LogP contribution < -0.4 is 4.74 Å². The van der Waals surface area contributed by atoms with Gasteiger partial charge in [-0.2, -0.15) is 10.5 Å². The van der Waals surface area contributed by atoms with Crippen molar-refractivity contribution in [2.75, 3.05) is 12.5 Å². The van der Waals surface area contributed by atoms with Gasteiger partial charge in [-0.15, -0.1) is 0 Å². The van der Waals surface area contributed by atoms with Gasteiger partial charge in [0, 0.05) is 28.9 Å². The van der Waals surface area contributed by atoms with Gasteiger partial charge in [0.15, 0.2) is 0 Å².